The third-order valence-electron chi connectivity index (χ3n) is 2.83. The molecule has 16 heavy (non-hydrogen) atoms. The average molecular weight is 211 g/mol. The van der Waals surface area contributed by atoms with Crippen LogP contribution in [0.2, 0.25) is 0 Å². The van der Waals surface area contributed by atoms with E-state index in [2.05, 4.69) is 31.2 Å². The molecule has 0 spiro atoms. The van der Waals surface area contributed by atoms with Gasteiger partial charge in [0, 0.05) is 0 Å². The van der Waals surface area contributed by atoms with Gasteiger partial charge in [-0.15, -0.1) is 0 Å². The normalized spacial score (nSPS) is 12.3. The van der Waals surface area contributed by atoms with Crippen LogP contribution >= 0.6 is 0 Å². The summed E-state index contributed by atoms with van der Waals surface area (Å²) < 4.78 is 0. The zero-order chi connectivity index (χ0) is 11.4. The van der Waals surface area contributed by atoms with Crippen molar-refractivity contribution in [1.82, 2.24) is 0 Å². The lowest BCUT2D eigenvalue weighted by atomic mass is 9.94. The molecule has 2 rings (SSSR count). The summed E-state index contributed by atoms with van der Waals surface area (Å²) in [5, 5.41) is 11.0. The third-order valence-corrected chi connectivity index (χ3v) is 2.83. The van der Waals surface area contributed by atoms with Crippen LogP contribution in [0.1, 0.15) is 24.0 Å². The summed E-state index contributed by atoms with van der Waals surface area (Å²) in [7, 11) is 0. The van der Waals surface area contributed by atoms with Gasteiger partial charge in [-0.2, -0.15) is 0 Å². The smallest absolute Gasteiger partial charge is 0.178 e. The van der Waals surface area contributed by atoms with Crippen molar-refractivity contribution < 1.29 is 5.11 Å². The van der Waals surface area contributed by atoms with Gasteiger partial charge >= 0.3 is 0 Å². The fourth-order valence-electron chi connectivity index (χ4n) is 1.88. The quantitative estimate of drug-likeness (QED) is 0.726. The minimum absolute atomic E-state index is 0.0797. The van der Waals surface area contributed by atoms with Gasteiger partial charge < -0.3 is 0 Å². The van der Waals surface area contributed by atoms with Gasteiger partial charge in [0.1, 0.15) is 0 Å². The molecular formula is C15H15O. The largest absolute Gasteiger partial charge is 0.290 e. The van der Waals surface area contributed by atoms with E-state index in [1.807, 2.05) is 18.2 Å². The van der Waals surface area contributed by atoms with E-state index >= 15 is 0 Å². The summed E-state index contributed by atoms with van der Waals surface area (Å²) in [6.07, 6.45) is 0.976. The van der Waals surface area contributed by atoms with Crippen LogP contribution in [0.4, 0.5) is 0 Å². The monoisotopic (exact) mass is 211 g/mol. The van der Waals surface area contributed by atoms with Crippen LogP contribution in [-0.4, -0.2) is 0 Å². The average Bonchev–Trinajstić information content (AvgIpc) is 2.33. The van der Waals surface area contributed by atoms with Gasteiger partial charge in [0.15, 0.2) is 5.75 Å². The molecule has 0 aliphatic rings. The summed E-state index contributed by atoms with van der Waals surface area (Å²) in [6, 6.07) is 17.5. The number of hydrogen-bond acceptors (Lipinski definition) is 0. The predicted octanol–water partition coefficient (Wildman–Crippen LogP) is 4.18. The van der Waals surface area contributed by atoms with E-state index < -0.39 is 0 Å². The van der Waals surface area contributed by atoms with E-state index in [0.29, 0.717) is 5.92 Å². The zero-order valence-electron chi connectivity index (χ0n) is 9.39. The minimum atomic E-state index is 0.0797. The Balaban J connectivity index is 2.08. The molecule has 1 unspecified atom stereocenters. The highest BCUT2D eigenvalue weighted by Crippen LogP contribution is 2.21. The van der Waals surface area contributed by atoms with Crippen LogP contribution in [0.3, 0.4) is 0 Å². The van der Waals surface area contributed by atoms with E-state index in [-0.39, 0.29) is 5.75 Å². The first kappa shape index (κ1) is 10.7. The van der Waals surface area contributed by atoms with Gasteiger partial charge in [-0.05, 0) is 35.6 Å². The summed E-state index contributed by atoms with van der Waals surface area (Å²) in [6.45, 7) is 2.21. The van der Waals surface area contributed by atoms with E-state index in [9.17, 15) is 5.11 Å². The van der Waals surface area contributed by atoms with Gasteiger partial charge in [-0.25, -0.2) is 0 Å². The topological polar surface area (TPSA) is 19.9 Å². The molecule has 0 aliphatic carbocycles. The summed E-state index contributed by atoms with van der Waals surface area (Å²) >= 11 is 0. The summed E-state index contributed by atoms with van der Waals surface area (Å²) in [5.41, 5.74) is 2.56. The van der Waals surface area contributed by atoms with E-state index in [1.165, 1.54) is 11.1 Å². The molecule has 1 radical (unpaired) electrons. The van der Waals surface area contributed by atoms with E-state index in [4.69, 9.17) is 0 Å². The lowest BCUT2D eigenvalue weighted by Gasteiger charge is -2.11. The minimum Gasteiger partial charge on any atom is -0.290 e. The number of hydrogen-bond donors (Lipinski definition) is 0. The van der Waals surface area contributed by atoms with Crippen molar-refractivity contribution in [2.75, 3.05) is 0 Å². The molecule has 0 bridgehead atoms. The van der Waals surface area contributed by atoms with Crippen LogP contribution in [-0.2, 0) is 11.5 Å². The molecule has 1 nitrogen and oxygen atoms in total. The Bertz CT molecular complexity index is 431. The van der Waals surface area contributed by atoms with Crippen LogP contribution < -0.4 is 0 Å². The van der Waals surface area contributed by atoms with Crippen LogP contribution in [0, 0.1) is 0 Å². The van der Waals surface area contributed by atoms with Gasteiger partial charge in [0.2, 0.25) is 0 Å². The van der Waals surface area contributed by atoms with Crippen molar-refractivity contribution in [3.05, 3.63) is 65.7 Å². The van der Waals surface area contributed by atoms with Gasteiger partial charge in [0.05, 0.1) is 0 Å². The molecule has 81 valence electrons. The Morgan fingerprint density at radius 1 is 0.938 bits per heavy atom. The SMILES string of the molecule is CC(Cc1ccc([O])cc1)c1ccccc1. The highest BCUT2D eigenvalue weighted by molar-refractivity contribution is 5.28. The molecular weight excluding hydrogens is 196 g/mol. The number of benzene rings is 2. The maximum Gasteiger partial charge on any atom is 0.178 e. The first-order valence-corrected chi connectivity index (χ1v) is 5.56. The van der Waals surface area contributed by atoms with Crippen LogP contribution in [0.15, 0.2) is 54.6 Å². The Kier molecular flexibility index (Phi) is 3.25. The lowest BCUT2D eigenvalue weighted by Crippen LogP contribution is -1.97. The van der Waals surface area contributed by atoms with Crippen LogP contribution in [0.5, 0.6) is 5.75 Å². The lowest BCUT2D eigenvalue weighted by molar-refractivity contribution is 0.354. The summed E-state index contributed by atoms with van der Waals surface area (Å²) in [4.78, 5) is 0. The van der Waals surface area contributed by atoms with E-state index in [1.54, 1.807) is 12.1 Å². The molecule has 0 saturated heterocycles. The Morgan fingerprint density at radius 2 is 1.56 bits per heavy atom. The Hall–Kier alpha value is -1.76. The van der Waals surface area contributed by atoms with Gasteiger partial charge in [0.25, 0.3) is 0 Å². The maximum atomic E-state index is 11.0. The second-order valence-corrected chi connectivity index (χ2v) is 4.16. The predicted molar refractivity (Wildman–Crippen MR) is 65.1 cm³/mol. The molecule has 0 fully saturated rings. The van der Waals surface area contributed by atoms with Crippen molar-refractivity contribution in [1.29, 1.82) is 0 Å². The molecule has 2 aromatic carbocycles. The fourth-order valence-corrected chi connectivity index (χ4v) is 1.88. The maximum absolute atomic E-state index is 11.0. The Morgan fingerprint density at radius 3 is 2.19 bits per heavy atom. The standard InChI is InChI=1S/C15H15O/c1-12(14-5-3-2-4-6-14)11-13-7-9-15(16)10-8-13/h2-10,12H,11H2,1H3. The molecule has 0 aliphatic heterocycles. The second-order valence-electron chi connectivity index (χ2n) is 4.16. The molecule has 1 heteroatoms. The molecule has 2 aromatic rings. The van der Waals surface area contributed by atoms with Crippen molar-refractivity contribution in [2.45, 2.75) is 19.3 Å². The molecule has 0 aromatic heterocycles. The molecule has 0 N–H and O–H groups in total. The second kappa shape index (κ2) is 4.84. The van der Waals surface area contributed by atoms with Gasteiger partial charge in [-0.3, -0.25) is 5.11 Å². The van der Waals surface area contributed by atoms with Crippen LogP contribution in [0.25, 0.3) is 0 Å². The highest BCUT2D eigenvalue weighted by Gasteiger charge is 2.05. The molecule has 0 heterocycles. The van der Waals surface area contributed by atoms with Crippen molar-refractivity contribution in [3.63, 3.8) is 0 Å². The first-order valence-electron chi connectivity index (χ1n) is 5.56. The fraction of sp³-hybridized carbons (Fsp3) is 0.200. The Labute approximate surface area is 96.4 Å². The highest BCUT2D eigenvalue weighted by atomic mass is 16.3. The third kappa shape index (κ3) is 2.63. The van der Waals surface area contributed by atoms with E-state index in [0.717, 1.165) is 6.42 Å². The van der Waals surface area contributed by atoms with Crippen molar-refractivity contribution >= 4 is 0 Å². The van der Waals surface area contributed by atoms with Gasteiger partial charge in [-0.1, -0.05) is 49.4 Å². The molecule has 0 amide bonds. The summed E-state index contributed by atoms with van der Waals surface area (Å²) in [5.74, 6) is 0.565. The number of rotatable bonds is 3. The molecule has 1 atom stereocenters. The molecule has 0 saturated carbocycles. The zero-order valence-corrected chi connectivity index (χ0v) is 9.39. The first-order chi connectivity index (χ1) is 7.75. The van der Waals surface area contributed by atoms with Crippen molar-refractivity contribution in [3.8, 4) is 5.75 Å². The van der Waals surface area contributed by atoms with Crippen molar-refractivity contribution in [2.24, 2.45) is 0 Å².